The lowest BCUT2D eigenvalue weighted by molar-refractivity contribution is -0.139. The summed E-state index contributed by atoms with van der Waals surface area (Å²) in [7, 11) is 0. The van der Waals surface area contributed by atoms with E-state index >= 15 is 0 Å². The number of carbonyl (C=O) groups excluding carboxylic acids is 3. The maximum absolute atomic E-state index is 11.5. The number of amides is 3. The van der Waals surface area contributed by atoms with E-state index in [1.54, 1.807) is 6.92 Å². The number of hydrogen-bond acceptors (Lipinski definition) is 3. The first-order valence-corrected chi connectivity index (χ1v) is 5.60. The predicted molar refractivity (Wildman–Crippen MR) is 65.0 cm³/mol. The van der Waals surface area contributed by atoms with Gasteiger partial charge in [-0.2, -0.15) is 0 Å². The predicted octanol–water partition coefficient (Wildman–Crippen LogP) is 0.708. The normalized spacial score (nSPS) is 12.5. The molecule has 0 spiro atoms. The number of imide groups is 1. The number of rotatable bonds is 6. The first kappa shape index (κ1) is 15.3. The summed E-state index contributed by atoms with van der Waals surface area (Å²) in [5.74, 6) is -0.527. The zero-order valence-corrected chi connectivity index (χ0v) is 10.8. The van der Waals surface area contributed by atoms with Gasteiger partial charge in [-0.15, -0.1) is 0 Å². The van der Waals surface area contributed by atoms with Crippen LogP contribution in [0.1, 0.15) is 27.7 Å². The summed E-state index contributed by atoms with van der Waals surface area (Å²) in [4.78, 5) is 34.4. The van der Waals surface area contributed by atoms with E-state index in [4.69, 9.17) is 0 Å². The number of nitrogens with one attached hydrogen (secondary N) is 1. The Bertz CT molecular complexity index is 311. The van der Waals surface area contributed by atoms with Gasteiger partial charge in [-0.25, -0.2) is 0 Å². The van der Waals surface area contributed by atoms with Gasteiger partial charge in [0.2, 0.25) is 12.3 Å². The van der Waals surface area contributed by atoms with Crippen LogP contribution in [0.5, 0.6) is 0 Å². The summed E-state index contributed by atoms with van der Waals surface area (Å²) in [6.07, 6.45) is 3.13. The van der Waals surface area contributed by atoms with Crippen molar-refractivity contribution >= 4 is 18.2 Å². The molecule has 1 atom stereocenters. The van der Waals surface area contributed by atoms with Crippen LogP contribution in [0.2, 0.25) is 0 Å². The Morgan fingerprint density at radius 2 is 1.88 bits per heavy atom. The molecule has 0 fully saturated rings. The van der Waals surface area contributed by atoms with Crippen LogP contribution in [-0.2, 0) is 14.4 Å². The zero-order chi connectivity index (χ0) is 13.4. The molecule has 0 saturated carbocycles. The van der Waals surface area contributed by atoms with E-state index in [-0.39, 0.29) is 18.5 Å². The van der Waals surface area contributed by atoms with Gasteiger partial charge in [0, 0.05) is 6.04 Å². The van der Waals surface area contributed by atoms with Crippen molar-refractivity contribution in [3.05, 3.63) is 12.2 Å². The highest BCUT2D eigenvalue weighted by Gasteiger charge is 2.16. The molecule has 96 valence electrons. The second-order valence-corrected chi connectivity index (χ2v) is 4.17. The highest BCUT2D eigenvalue weighted by molar-refractivity contribution is 5.97. The first-order chi connectivity index (χ1) is 7.92. The van der Waals surface area contributed by atoms with Crippen LogP contribution in [-0.4, -0.2) is 35.7 Å². The fourth-order valence-electron chi connectivity index (χ4n) is 1.03. The van der Waals surface area contributed by atoms with Crippen molar-refractivity contribution in [3.8, 4) is 0 Å². The van der Waals surface area contributed by atoms with E-state index in [1.807, 2.05) is 20.8 Å². The minimum absolute atomic E-state index is 0.00724. The van der Waals surface area contributed by atoms with Crippen molar-refractivity contribution < 1.29 is 14.4 Å². The highest BCUT2D eigenvalue weighted by Crippen LogP contribution is 1.99. The summed E-state index contributed by atoms with van der Waals surface area (Å²) < 4.78 is 0. The lowest BCUT2D eigenvalue weighted by atomic mass is 10.1. The van der Waals surface area contributed by atoms with Crippen molar-refractivity contribution in [2.75, 3.05) is 6.54 Å². The maximum Gasteiger partial charge on any atom is 0.253 e. The van der Waals surface area contributed by atoms with Crippen molar-refractivity contribution in [1.82, 2.24) is 10.2 Å². The second-order valence-electron chi connectivity index (χ2n) is 4.17. The molecule has 0 aromatic carbocycles. The van der Waals surface area contributed by atoms with Gasteiger partial charge in [0.25, 0.3) is 5.91 Å². The van der Waals surface area contributed by atoms with E-state index in [2.05, 4.69) is 5.32 Å². The summed E-state index contributed by atoms with van der Waals surface area (Å²) in [6, 6.07) is 0.00724. The average molecular weight is 240 g/mol. The van der Waals surface area contributed by atoms with Gasteiger partial charge in [-0.05, 0) is 25.8 Å². The van der Waals surface area contributed by atoms with Crippen molar-refractivity contribution in [2.24, 2.45) is 5.92 Å². The van der Waals surface area contributed by atoms with Gasteiger partial charge in [-0.3, -0.25) is 19.3 Å². The summed E-state index contributed by atoms with van der Waals surface area (Å²) >= 11 is 0. The zero-order valence-electron chi connectivity index (χ0n) is 10.8. The third-order valence-electron chi connectivity index (χ3n) is 2.42. The molecule has 17 heavy (non-hydrogen) atoms. The minimum Gasteiger partial charge on any atom is -0.352 e. The van der Waals surface area contributed by atoms with Gasteiger partial charge in [0.15, 0.2) is 0 Å². The Kier molecular flexibility index (Phi) is 6.86. The third-order valence-corrected chi connectivity index (χ3v) is 2.42. The molecule has 0 saturated heterocycles. The number of allylic oxidation sites excluding steroid dienone is 1. The standard InChI is InChI=1S/C12H20N2O3/c1-5-6-12(17)14(8-15)7-11(16)13-10(4)9(2)3/h5-6,8-10H,7H2,1-4H3,(H,13,16)/b6-5-. The van der Waals surface area contributed by atoms with E-state index in [9.17, 15) is 14.4 Å². The maximum atomic E-state index is 11.5. The van der Waals surface area contributed by atoms with Gasteiger partial charge >= 0.3 is 0 Å². The van der Waals surface area contributed by atoms with Crippen LogP contribution in [0.25, 0.3) is 0 Å². The van der Waals surface area contributed by atoms with Crippen molar-refractivity contribution in [1.29, 1.82) is 0 Å². The topological polar surface area (TPSA) is 66.5 Å². The van der Waals surface area contributed by atoms with Crippen LogP contribution in [0.15, 0.2) is 12.2 Å². The van der Waals surface area contributed by atoms with Gasteiger partial charge in [0.05, 0.1) is 0 Å². The van der Waals surface area contributed by atoms with Gasteiger partial charge in [-0.1, -0.05) is 19.9 Å². The molecule has 0 aliphatic carbocycles. The number of carbonyl (C=O) groups is 3. The summed E-state index contributed by atoms with van der Waals surface area (Å²) in [5.41, 5.74) is 0. The molecular weight excluding hydrogens is 220 g/mol. The molecule has 1 N–H and O–H groups in total. The van der Waals surface area contributed by atoms with Crippen LogP contribution in [0.3, 0.4) is 0 Å². The summed E-state index contributed by atoms with van der Waals surface area (Å²) in [5, 5.41) is 2.73. The summed E-state index contributed by atoms with van der Waals surface area (Å²) in [6.45, 7) is 7.26. The van der Waals surface area contributed by atoms with Crippen LogP contribution < -0.4 is 5.32 Å². The molecule has 3 amide bonds. The Hall–Kier alpha value is -1.65. The SMILES string of the molecule is C/C=C\C(=O)N(C=O)CC(=O)NC(C)C(C)C. The van der Waals surface area contributed by atoms with E-state index in [1.165, 1.54) is 12.2 Å². The Balaban J connectivity index is 4.34. The Labute approximate surface area is 102 Å². The average Bonchev–Trinajstić information content (AvgIpc) is 2.25. The van der Waals surface area contributed by atoms with Crippen LogP contribution in [0, 0.1) is 5.92 Å². The monoisotopic (exact) mass is 240 g/mol. The quantitative estimate of drug-likeness (QED) is 0.549. The lowest BCUT2D eigenvalue weighted by Crippen LogP contribution is -2.44. The van der Waals surface area contributed by atoms with E-state index in [0.717, 1.165) is 4.90 Å². The molecule has 0 aliphatic rings. The molecule has 0 heterocycles. The molecule has 1 unspecified atom stereocenters. The fraction of sp³-hybridized carbons (Fsp3) is 0.583. The van der Waals surface area contributed by atoms with E-state index < -0.39 is 5.91 Å². The Morgan fingerprint density at radius 3 is 2.29 bits per heavy atom. The molecule has 0 rings (SSSR count). The highest BCUT2D eigenvalue weighted by atomic mass is 16.2. The smallest absolute Gasteiger partial charge is 0.253 e. The van der Waals surface area contributed by atoms with Crippen molar-refractivity contribution in [2.45, 2.75) is 33.7 Å². The fourth-order valence-corrected chi connectivity index (χ4v) is 1.03. The molecule has 5 heteroatoms. The molecule has 0 bridgehead atoms. The van der Waals surface area contributed by atoms with Crippen molar-refractivity contribution in [3.63, 3.8) is 0 Å². The van der Waals surface area contributed by atoms with Gasteiger partial charge in [0.1, 0.15) is 6.54 Å². The van der Waals surface area contributed by atoms with Gasteiger partial charge < -0.3 is 5.32 Å². The minimum atomic E-state index is -0.491. The van der Waals surface area contributed by atoms with Crippen LogP contribution in [0.4, 0.5) is 0 Å². The lowest BCUT2D eigenvalue weighted by Gasteiger charge is -2.19. The number of hydrogen-bond donors (Lipinski definition) is 1. The third kappa shape index (κ3) is 5.85. The second kappa shape index (κ2) is 7.60. The Morgan fingerprint density at radius 1 is 1.29 bits per heavy atom. The molecule has 5 nitrogen and oxygen atoms in total. The first-order valence-electron chi connectivity index (χ1n) is 5.60. The molecule has 0 aromatic heterocycles. The largest absolute Gasteiger partial charge is 0.352 e. The molecule has 0 aromatic rings. The molecule has 0 aliphatic heterocycles. The van der Waals surface area contributed by atoms with E-state index in [0.29, 0.717) is 12.3 Å². The molecular formula is C12H20N2O3. The van der Waals surface area contributed by atoms with Crippen LogP contribution >= 0.6 is 0 Å². The molecule has 0 radical (unpaired) electrons. The number of nitrogens with zero attached hydrogens (tertiary/aromatic N) is 1.